The van der Waals surface area contributed by atoms with Gasteiger partial charge in [0.05, 0.1) is 42.0 Å². The second-order valence-corrected chi connectivity index (χ2v) is 9.40. The monoisotopic (exact) mass is 519 g/mol. The van der Waals surface area contributed by atoms with Gasteiger partial charge in [0.2, 0.25) is 5.91 Å². The molecule has 4 rings (SSSR count). The minimum atomic E-state index is -0.690. The number of nitriles is 1. The maximum absolute atomic E-state index is 14.1. The van der Waals surface area contributed by atoms with Crippen LogP contribution < -0.4 is 4.90 Å². The highest BCUT2D eigenvalue weighted by Gasteiger charge is 2.37. The molecule has 0 bridgehead atoms. The third-order valence-corrected chi connectivity index (χ3v) is 6.41. The van der Waals surface area contributed by atoms with E-state index in [9.17, 15) is 14.4 Å². The van der Waals surface area contributed by atoms with Crippen molar-refractivity contribution in [1.29, 1.82) is 5.26 Å². The molecule has 7 heteroatoms. The lowest BCUT2D eigenvalue weighted by Gasteiger charge is -2.31. The maximum Gasteiger partial charge on any atom is 0.308 e. The van der Waals surface area contributed by atoms with Crippen molar-refractivity contribution in [2.75, 3.05) is 18.1 Å². The van der Waals surface area contributed by atoms with Gasteiger partial charge in [0.1, 0.15) is 6.54 Å². The highest BCUT2D eigenvalue weighted by molar-refractivity contribution is 6.10. The van der Waals surface area contributed by atoms with Gasteiger partial charge in [0.25, 0.3) is 5.91 Å². The fourth-order valence-corrected chi connectivity index (χ4v) is 4.67. The van der Waals surface area contributed by atoms with Crippen LogP contribution in [-0.2, 0) is 14.3 Å². The summed E-state index contributed by atoms with van der Waals surface area (Å²) in [6.07, 6.45) is -0.0807. The largest absolute Gasteiger partial charge is 0.466 e. The van der Waals surface area contributed by atoms with Gasteiger partial charge in [-0.2, -0.15) is 5.26 Å². The Hall–Kier alpha value is -4.88. The van der Waals surface area contributed by atoms with Gasteiger partial charge in [-0.1, -0.05) is 48.2 Å². The number of nitrogens with zero attached hydrogens (tertiary/aromatic N) is 3. The number of anilines is 1. The predicted octanol–water partition coefficient (Wildman–Crippen LogP) is 4.85. The molecule has 0 aliphatic carbocycles. The highest BCUT2D eigenvalue weighted by atomic mass is 16.5. The molecule has 1 aliphatic rings. The molecule has 0 radical (unpaired) electrons. The van der Waals surface area contributed by atoms with Crippen LogP contribution in [0.15, 0.2) is 72.8 Å². The van der Waals surface area contributed by atoms with E-state index in [4.69, 9.17) is 10.00 Å². The number of carbonyl (C=O) groups excluding carboxylic acids is 3. The van der Waals surface area contributed by atoms with Crippen LogP contribution in [0.4, 0.5) is 5.69 Å². The number of rotatable bonds is 6. The molecular weight excluding hydrogens is 490 g/mol. The minimum absolute atomic E-state index is 0.0807. The Bertz CT molecular complexity index is 1500. The Kier molecular flexibility index (Phi) is 8.43. The summed E-state index contributed by atoms with van der Waals surface area (Å²) in [4.78, 5) is 43.3. The van der Waals surface area contributed by atoms with Crippen LogP contribution in [0.5, 0.6) is 0 Å². The molecule has 1 atom stereocenters. The summed E-state index contributed by atoms with van der Waals surface area (Å²) < 4.78 is 5.21. The average molecular weight is 520 g/mol. The normalized spacial score (nSPS) is 13.6. The average Bonchev–Trinajstić information content (AvgIpc) is 3.04. The molecule has 2 amide bonds. The van der Waals surface area contributed by atoms with Gasteiger partial charge >= 0.3 is 5.97 Å². The van der Waals surface area contributed by atoms with E-state index in [0.29, 0.717) is 27.9 Å². The molecule has 3 aromatic rings. The number of ether oxygens (including phenoxy) is 1. The number of amides is 2. The molecule has 196 valence electrons. The molecule has 0 saturated heterocycles. The van der Waals surface area contributed by atoms with Gasteiger partial charge in [-0.05, 0) is 62.7 Å². The van der Waals surface area contributed by atoms with Crippen LogP contribution in [0.25, 0.3) is 0 Å². The van der Waals surface area contributed by atoms with Gasteiger partial charge < -0.3 is 14.5 Å². The zero-order chi connectivity index (χ0) is 27.9. The first kappa shape index (κ1) is 27.2. The molecule has 7 nitrogen and oxygen atoms in total. The van der Waals surface area contributed by atoms with Gasteiger partial charge in [-0.25, -0.2) is 0 Å². The third kappa shape index (κ3) is 6.17. The van der Waals surface area contributed by atoms with Gasteiger partial charge in [0, 0.05) is 17.2 Å². The van der Waals surface area contributed by atoms with E-state index in [1.165, 1.54) is 4.90 Å². The van der Waals surface area contributed by atoms with Crippen molar-refractivity contribution in [2.45, 2.75) is 39.3 Å². The van der Waals surface area contributed by atoms with E-state index in [1.807, 2.05) is 50.2 Å². The Morgan fingerprint density at radius 1 is 0.949 bits per heavy atom. The summed E-state index contributed by atoms with van der Waals surface area (Å²) in [6.45, 7) is 5.55. The molecule has 0 saturated carbocycles. The van der Waals surface area contributed by atoms with E-state index in [2.05, 4.69) is 17.9 Å². The van der Waals surface area contributed by atoms with Crippen LogP contribution in [-0.4, -0.2) is 41.9 Å². The lowest BCUT2D eigenvalue weighted by molar-refractivity contribution is -0.144. The molecule has 1 aliphatic heterocycles. The first-order valence-electron chi connectivity index (χ1n) is 12.8. The summed E-state index contributed by atoms with van der Waals surface area (Å²) in [7, 11) is 0. The zero-order valence-corrected chi connectivity index (χ0v) is 22.2. The van der Waals surface area contributed by atoms with Crippen LogP contribution in [0, 0.1) is 23.2 Å². The Morgan fingerprint density at radius 3 is 2.31 bits per heavy atom. The Morgan fingerprint density at radius 2 is 1.64 bits per heavy atom. The standard InChI is InChI=1S/C32H29N3O4/c1-4-39-31(37)19-29(26-11-6-5-7-12-26)34-21-30(36)35(22(2)3)28-16-15-24(18-27(28)32(34)38)14-13-23-9-8-10-25(17-23)20-33/h5-12,15-18,22,29H,4,19,21H2,1-3H3. The minimum Gasteiger partial charge on any atom is -0.466 e. The van der Waals surface area contributed by atoms with E-state index < -0.39 is 12.0 Å². The van der Waals surface area contributed by atoms with Crippen LogP contribution in [0.2, 0.25) is 0 Å². The van der Waals surface area contributed by atoms with Crippen LogP contribution >= 0.6 is 0 Å². The first-order chi connectivity index (χ1) is 18.8. The molecule has 0 N–H and O–H groups in total. The molecule has 0 fully saturated rings. The first-order valence-corrected chi connectivity index (χ1v) is 12.8. The van der Waals surface area contributed by atoms with E-state index in [-0.39, 0.29) is 37.4 Å². The van der Waals surface area contributed by atoms with Crippen molar-refractivity contribution in [1.82, 2.24) is 4.90 Å². The highest BCUT2D eigenvalue weighted by Crippen LogP contribution is 2.34. The second-order valence-electron chi connectivity index (χ2n) is 9.40. The molecule has 39 heavy (non-hydrogen) atoms. The fraction of sp³-hybridized carbons (Fsp3) is 0.250. The molecule has 1 unspecified atom stereocenters. The summed E-state index contributed by atoms with van der Waals surface area (Å²) in [6, 6.07) is 22.6. The van der Waals surface area contributed by atoms with E-state index >= 15 is 0 Å². The summed E-state index contributed by atoms with van der Waals surface area (Å²) >= 11 is 0. The Balaban J connectivity index is 1.80. The Labute approximate surface area is 228 Å². The van der Waals surface area contributed by atoms with Crippen LogP contribution in [0.1, 0.15) is 65.8 Å². The zero-order valence-electron chi connectivity index (χ0n) is 22.2. The maximum atomic E-state index is 14.1. The number of esters is 1. The number of hydrogen-bond donors (Lipinski definition) is 0. The number of fused-ring (bicyclic) bond motifs is 1. The summed E-state index contributed by atoms with van der Waals surface area (Å²) in [5.41, 5.74) is 3.34. The molecular formula is C32H29N3O4. The van der Waals surface area contributed by atoms with Gasteiger partial charge in [-0.3, -0.25) is 14.4 Å². The number of carbonyl (C=O) groups is 3. The molecule has 3 aromatic carbocycles. The summed E-state index contributed by atoms with van der Waals surface area (Å²) in [5, 5.41) is 9.16. The van der Waals surface area contributed by atoms with Crippen molar-refractivity contribution in [3.8, 4) is 17.9 Å². The smallest absolute Gasteiger partial charge is 0.308 e. The number of hydrogen-bond acceptors (Lipinski definition) is 5. The van der Waals surface area contributed by atoms with Crippen LogP contribution in [0.3, 0.4) is 0 Å². The van der Waals surface area contributed by atoms with Crippen molar-refractivity contribution in [3.63, 3.8) is 0 Å². The van der Waals surface area contributed by atoms with Crippen molar-refractivity contribution in [2.24, 2.45) is 0 Å². The van der Waals surface area contributed by atoms with Crippen molar-refractivity contribution < 1.29 is 19.1 Å². The van der Waals surface area contributed by atoms with Gasteiger partial charge in [0.15, 0.2) is 0 Å². The second kappa shape index (κ2) is 12.1. The quantitative estimate of drug-likeness (QED) is 0.343. The summed E-state index contributed by atoms with van der Waals surface area (Å²) in [5.74, 6) is 5.07. The lowest BCUT2D eigenvalue weighted by atomic mass is 10.00. The van der Waals surface area contributed by atoms with E-state index in [0.717, 1.165) is 5.56 Å². The van der Waals surface area contributed by atoms with Gasteiger partial charge in [-0.15, -0.1) is 0 Å². The fourth-order valence-electron chi connectivity index (χ4n) is 4.67. The molecule has 0 spiro atoms. The topological polar surface area (TPSA) is 90.7 Å². The predicted molar refractivity (Wildman–Crippen MR) is 148 cm³/mol. The lowest BCUT2D eigenvalue weighted by Crippen LogP contribution is -2.44. The van der Waals surface area contributed by atoms with Crippen molar-refractivity contribution in [3.05, 3.63) is 101 Å². The molecule has 1 heterocycles. The van der Waals surface area contributed by atoms with E-state index in [1.54, 1.807) is 48.2 Å². The SMILES string of the molecule is CCOC(=O)CC(c1ccccc1)N1CC(=O)N(C(C)C)c2ccc(C#Cc3cccc(C#N)c3)cc2C1=O. The van der Waals surface area contributed by atoms with Crippen molar-refractivity contribution >= 4 is 23.5 Å². The third-order valence-electron chi connectivity index (χ3n) is 6.41. The molecule has 0 aromatic heterocycles. The number of benzene rings is 3.